The number of hydrogen-bond donors (Lipinski definition) is 3. The summed E-state index contributed by atoms with van der Waals surface area (Å²) in [5.41, 5.74) is 3.44. The van der Waals surface area contributed by atoms with E-state index in [9.17, 15) is 24.8 Å². The Balaban J connectivity index is 1.70. The molecular formula is C22H18N4O6. The maximum Gasteiger partial charge on any atom is 0.273 e. The number of hydrazone groups is 1. The number of aromatic hydroxyl groups is 1. The Morgan fingerprint density at radius 3 is 2.47 bits per heavy atom. The number of phenolic OH excluding ortho intramolecular Hbond substituents is 1. The van der Waals surface area contributed by atoms with E-state index < -0.39 is 16.7 Å². The second-order valence-corrected chi connectivity index (χ2v) is 6.43. The fourth-order valence-corrected chi connectivity index (χ4v) is 2.72. The third kappa shape index (κ3) is 5.25. The van der Waals surface area contributed by atoms with Crippen LogP contribution in [0.4, 0.5) is 11.4 Å². The van der Waals surface area contributed by atoms with Gasteiger partial charge in [0.15, 0.2) is 11.5 Å². The number of rotatable bonds is 7. The van der Waals surface area contributed by atoms with Gasteiger partial charge in [-0.15, -0.1) is 0 Å². The highest BCUT2D eigenvalue weighted by Gasteiger charge is 2.15. The smallest absolute Gasteiger partial charge is 0.273 e. The lowest BCUT2D eigenvalue weighted by atomic mass is 10.1. The quantitative estimate of drug-likeness (QED) is 0.296. The third-order valence-electron chi connectivity index (χ3n) is 4.34. The molecular weight excluding hydrogens is 416 g/mol. The molecule has 0 atom stereocenters. The Bertz CT molecular complexity index is 1190. The lowest BCUT2D eigenvalue weighted by Crippen LogP contribution is -2.21. The maximum atomic E-state index is 12.6. The van der Waals surface area contributed by atoms with Crippen LogP contribution in [-0.2, 0) is 0 Å². The molecule has 0 spiro atoms. The number of nitro benzene ring substituents is 1. The summed E-state index contributed by atoms with van der Waals surface area (Å²) in [6.07, 6.45) is 1.37. The molecule has 0 saturated heterocycles. The second-order valence-electron chi connectivity index (χ2n) is 6.43. The standard InChI is InChI=1S/C22H18N4O6/c1-32-20-12-14(6-11-19(20)27)13-23-25-22(29)17-4-2-3-5-18(17)24-21(28)15-7-9-16(10-8-15)26(30)31/h2-13,27H,1H3,(H,24,28)(H,25,29)/b23-13-. The minimum atomic E-state index is -0.563. The molecule has 0 heterocycles. The highest BCUT2D eigenvalue weighted by Crippen LogP contribution is 2.25. The topological polar surface area (TPSA) is 143 Å². The molecule has 3 rings (SSSR count). The van der Waals surface area contributed by atoms with E-state index in [1.807, 2.05) is 0 Å². The molecule has 0 saturated carbocycles. The number of ether oxygens (including phenoxy) is 1. The summed E-state index contributed by atoms with van der Waals surface area (Å²) < 4.78 is 5.02. The van der Waals surface area contributed by atoms with Gasteiger partial charge in [0.25, 0.3) is 17.5 Å². The zero-order valence-electron chi connectivity index (χ0n) is 16.8. The Morgan fingerprint density at radius 2 is 1.78 bits per heavy atom. The normalized spacial score (nSPS) is 10.5. The van der Waals surface area contributed by atoms with Crippen molar-refractivity contribution >= 4 is 29.4 Å². The molecule has 0 bridgehead atoms. The minimum Gasteiger partial charge on any atom is -0.504 e. The van der Waals surface area contributed by atoms with E-state index in [1.54, 1.807) is 30.3 Å². The van der Waals surface area contributed by atoms with Gasteiger partial charge in [-0.3, -0.25) is 19.7 Å². The number of nitrogens with one attached hydrogen (secondary N) is 2. The first kappa shape index (κ1) is 22.0. The third-order valence-corrected chi connectivity index (χ3v) is 4.34. The van der Waals surface area contributed by atoms with E-state index in [-0.39, 0.29) is 34.0 Å². The van der Waals surface area contributed by atoms with Crippen LogP contribution < -0.4 is 15.5 Å². The highest BCUT2D eigenvalue weighted by atomic mass is 16.6. The van der Waals surface area contributed by atoms with Crippen LogP contribution in [0.2, 0.25) is 0 Å². The molecule has 10 heteroatoms. The predicted octanol–water partition coefficient (Wildman–Crippen LogP) is 3.33. The number of nitrogens with zero attached hydrogens (tertiary/aromatic N) is 2. The molecule has 3 aromatic carbocycles. The van der Waals surface area contributed by atoms with Crippen molar-refractivity contribution in [2.75, 3.05) is 12.4 Å². The molecule has 0 aliphatic rings. The van der Waals surface area contributed by atoms with Gasteiger partial charge in [-0.2, -0.15) is 5.10 Å². The number of hydrogen-bond acceptors (Lipinski definition) is 7. The fourth-order valence-electron chi connectivity index (χ4n) is 2.72. The van der Waals surface area contributed by atoms with Gasteiger partial charge in [0.05, 0.1) is 29.5 Å². The zero-order valence-corrected chi connectivity index (χ0v) is 16.8. The van der Waals surface area contributed by atoms with Gasteiger partial charge < -0.3 is 15.2 Å². The number of benzene rings is 3. The van der Waals surface area contributed by atoms with Crippen molar-refractivity contribution in [2.24, 2.45) is 5.10 Å². The lowest BCUT2D eigenvalue weighted by Gasteiger charge is -2.10. The first-order chi connectivity index (χ1) is 15.4. The largest absolute Gasteiger partial charge is 0.504 e. The van der Waals surface area contributed by atoms with Gasteiger partial charge in [0, 0.05) is 17.7 Å². The maximum absolute atomic E-state index is 12.6. The van der Waals surface area contributed by atoms with Crippen LogP contribution in [0, 0.1) is 10.1 Å². The van der Waals surface area contributed by atoms with Crippen LogP contribution >= 0.6 is 0 Å². The van der Waals surface area contributed by atoms with E-state index in [2.05, 4.69) is 15.8 Å². The molecule has 0 unspecified atom stereocenters. The summed E-state index contributed by atoms with van der Waals surface area (Å²) >= 11 is 0. The number of phenols is 1. The van der Waals surface area contributed by atoms with E-state index >= 15 is 0 Å². The van der Waals surface area contributed by atoms with E-state index in [1.165, 1.54) is 49.7 Å². The van der Waals surface area contributed by atoms with Crippen LogP contribution in [0.5, 0.6) is 11.5 Å². The highest BCUT2D eigenvalue weighted by molar-refractivity contribution is 6.09. The van der Waals surface area contributed by atoms with Crippen LogP contribution in [0.15, 0.2) is 71.8 Å². The summed E-state index contributed by atoms with van der Waals surface area (Å²) in [5.74, 6) is -0.850. The molecule has 0 aliphatic carbocycles. The van der Waals surface area contributed by atoms with E-state index in [4.69, 9.17) is 4.74 Å². The monoisotopic (exact) mass is 434 g/mol. The number of carbonyl (C=O) groups excluding carboxylic acids is 2. The zero-order chi connectivity index (χ0) is 23.1. The van der Waals surface area contributed by atoms with E-state index in [0.29, 0.717) is 5.56 Å². The number of methoxy groups -OCH3 is 1. The summed E-state index contributed by atoms with van der Waals surface area (Å²) in [4.78, 5) is 35.2. The Morgan fingerprint density at radius 1 is 1.06 bits per heavy atom. The van der Waals surface area contributed by atoms with Crippen molar-refractivity contribution in [1.29, 1.82) is 0 Å². The summed E-state index contributed by atoms with van der Waals surface area (Å²) in [6.45, 7) is 0. The van der Waals surface area contributed by atoms with Gasteiger partial charge in [-0.25, -0.2) is 5.43 Å². The number of para-hydroxylation sites is 1. The average molecular weight is 434 g/mol. The van der Waals surface area contributed by atoms with Gasteiger partial charge >= 0.3 is 0 Å². The van der Waals surface area contributed by atoms with Crippen molar-refractivity contribution in [1.82, 2.24) is 5.43 Å². The van der Waals surface area contributed by atoms with Crippen molar-refractivity contribution in [2.45, 2.75) is 0 Å². The van der Waals surface area contributed by atoms with E-state index in [0.717, 1.165) is 0 Å². The molecule has 2 amide bonds. The minimum absolute atomic E-state index is 0.0219. The molecule has 0 fully saturated rings. The molecule has 3 N–H and O–H groups in total. The molecule has 0 radical (unpaired) electrons. The second kappa shape index (κ2) is 9.85. The van der Waals surface area contributed by atoms with Gasteiger partial charge in [-0.05, 0) is 48.0 Å². The van der Waals surface area contributed by atoms with Crippen molar-refractivity contribution in [3.63, 3.8) is 0 Å². The molecule has 162 valence electrons. The Kier molecular flexibility index (Phi) is 6.76. The van der Waals surface area contributed by atoms with Crippen molar-refractivity contribution in [3.8, 4) is 11.5 Å². The number of amides is 2. The predicted molar refractivity (Wildman–Crippen MR) is 117 cm³/mol. The van der Waals surface area contributed by atoms with Gasteiger partial charge in [-0.1, -0.05) is 12.1 Å². The number of carbonyl (C=O) groups is 2. The average Bonchev–Trinajstić information content (AvgIpc) is 2.80. The SMILES string of the molecule is COc1cc(/C=N\NC(=O)c2ccccc2NC(=O)c2ccc([N+](=O)[O-])cc2)ccc1O. The fraction of sp³-hybridized carbons (Fsp3) is 0.0455. The number of anilines is 1. The first-order valence-electron chi connectivity index (χ1n) is 9.24. The number of nitro groups is 1. The van der Waals surface area contributed by atoms with Crippen molar-refractivity contribution < 1.29 is 24.4 Å². The summed E-state index contributed by atoms with van der Waals surface area (Å²) in [6, 6.07) is 16.0. The summed E-state index contributed by atoms with van der Waals surface area (Å²) in [7, 11) is 1.42. The van der Waals surface area contributed by atoms with Crippen LogP contribution in [0.25, 0.3) is 0 Å². The number of non-ortho nitro benzene ring substituents is 1. The summed E-state index contributed by atoms with van der Waals surface area (Å²) in [5, 5.41) is 26.9. The molecule has 10 nitrogen and oxygen atoms in total. The van der Waals surface area contributed by atoms with Crippen LogP contribution in [0.3, 0.4) is 0 Å². The lowest BCUT2D eigenvalue weighted by molar-refractivity contribution is -0.384. The van der Waals surface area contributed by atoms with Gasteiger partial charge in [0.1, 0.15) is 0 Å². The Hall–Kier alpha value is -4.73. The Labute approximate surface area is 182 Å². The van der Waals surface area contributed by atoms with Crippen LogP contribution in [0.1, 0.15) is 26.3 Å². The first-order valence-corrected chi connectivity index (χ1v) is 9.24. The van der Waals surface area contributed by atoms with Crippen molar-refractivity contribution in [3.05, 3.63) is 93.5 Å². The molecule has 3 aromatic rings. The van der Waals surface area contributed by atoms with Gasteiger partial charge in [0.2, 0.25) is 0 Å². The van der Waals surface area contributed by atoms with Crippen LogP contribution in [-0.4, -0.2) is 35.2 Å². The molecule has 0 aromatic heterocycles. The molecule has 32 heavy (non-hydrogen) atoms. The molecule has 0 aliphatic heterocycles.